The SMILES string of the molecule is CCCCC1C(=O)N(c2ccccc2)N(c2ccccc2)C1=O.NS(=O)[O-]. The van der Waals surface area contributed by atoms with Crippen LogP contribution in [0.15, 0.2) is 60.7 Å². The van der Waals surface area contributed by atoms with Gasteiger partial charge in [-0.05, 0) is 30.7 Å². The van der Waals surface area contributed by atoms with Crippen LogP contribution in [0.25, 0.3) is 0 Å². The number of benzene rings is 2. The molecule has 7 nitrogen and oxygen atoms in total. The van der Waals surface area contributed by atoms with Crippen LogP contribution in [0, 0.1) is 5.92 Å². The molecule has 3 rings (SSSR count). The van der Waals surface area contributed by atoms with Gasteiger partial charge in [-0.3, -0.25) is 18.9 Å². The number of nitrogens with two attached hydrogens (primary N) is 1. The largest absolute Gasteiger partial charge is 0.760 e. The molecule has 2 aromatic rings. The minimum absolute atomic E-state index is 0.140. The fraction of sp³-hybridized carbons (Fsp3) is 0.263. The van der Waals surface area contributed by atoms with Gasteiger partial charge in [0.25, 0.3) is 11.8 Å². The second kappa shape index (κ2) is 9.96. The fourth-order valence-electron chi connectivity index (χ4n) is 2.88. The van der Waals surface area contributed by atoms with Crippen LogP contribution in [-0.2, 0) is 20.9 Å². The van der Waals surface area contributed by atoms with E-state index in [1.54, 1.807) is 0 Å². The van der Waals surface area contributed by atoms with Crippen LogP contribution < -0.4 is 15.2 Å². The number of hydrogen-bond acceptors (Lipinski definition) is 4. The van der Waals surface area contributed by atoms with Crippen molar-refractivity contribution in [1.82, 2.24) is 0 Å². The molecule has 1 fully saturated rings. The molecule has 0 aliphatic carbocycles. The predicted octanol–water partition coefficient (Wildman–Crippen LogP) is 2.53. The molecule has 0 spiro atoms. The van der Waals surface area contributed by atoms with Gasteiger partial charge < -0.3 is 4.55 Å². The van der Waals surface area contributed by atoms with Crippen molar-refractivity contribution in [2.24, 2.45) is 11.1 Å². The Bertz CT molecular complexity index is 725. The first-order chi connectivity index (χ1) is 13.0. The lowest BCUT2D eigenvalue weighted by Crippen LogP contribution is -2.41. The summed E-state index contributed by atoms with van der Waals surface area (Å²) in [6.45, 7) is 2.06. The van der Waals surface area contributed by atoms with Crippen molar-refractivity contribution >= 4 is 34.5 Å². The van der Waals surface area contributed by atoms with E-state index >= 15 is 0 Å². The Kier molecular flexibility index (Phi) is 7.66. The van der Waals surface area contributed by atoms with Gasteiger partial charge >= 0.3 is 0 Å². The highest BCUT2D eigenvalue weighted by Crippen LogP contribution is 2.33. The zero-order chi connectivity index (χ0) is 19.8. The number of hydrazine groups is 1. The maximum atomic E-state index is 12.9. The second-order valence-electron chi connectivity index (χ2n) is 5.93. The topological polar surface area (TPSA) is 107 Å². The normalized spacial score (nSPS) is 15.5. The molecule has 1 heterocycles. The van der Waals surface area contributed by atoms with Gasteiger partial charge in [-0.2, -0.15) is 0 Å². The lowest BCUT2D eigenvalue weighted by atomic mass is 10.0. The summed E-state index contributed by atoms with van der Waals surface area (Å²) in [7, 11) is 0. The Morgan fingerprint density at radius 2 is 1.30 bits per heavy atom. The number of carbonyl (C=O) groups excluding carboxylic acids is 2. The molecule has 2 amide bonds. The number of hydrogen-bond donors (Lipinski definition) is 1. The molecule has 1 saturated heterocycles. The average Bonchev–Trinajstić information content (AvgIpc) is 2.91. The summed E-state index contributed by atoms with van der Waals surface area (Å²) in [4.78, 5) is 25.7. The van der Waals surface area contributed by atoms with E-state index in [0.717, 1.165) is 12.8 Å². The summed E-state index contributed by atoms with van der Waals surface area (Å²) >= 11 is -2.36. The zero-order valence-electron chi connectivity index (χ0n) is 15.0. The third-order valence-electron chi connectivity index (χ3n) is 4.06. The van der Waals surface area contributed by atoms with Crippen LogP contribution in [0.2, 0.25) is 0 Å². The minimum atomic E-state index is -2.36. The Morgan fingerprint density at radius 1 is 0.926 bits per heavy atom. The molecule has 1 aliphatic rings. The Hall–Kier alpha value is -2.55. The highest BCUT2D eigenvalue weighted by molar-refractivity contribution is 7.76. The Labute approximate surface area is 161 Å². The van der Waals surface area contributed by atoms with E-state index in [-0.39, 0.29) is 11.8 Å². The van der Waals surface area contributed by atoms with Crippen molar-refractivity contribution in [3.05, 3.63) is 60.7 Å². The summed E-state index contributed by atoms with van der Waals surface area (Å²) < 4.78 is 17.6. The van der Waals surface area contributed by atoms with Crippen LogP contribution in [0.1, 0.15) is 26.2 Å². The van der Waals surface area contributed by atoms with Crippen molar-refractivity contribution in [3.8, 4) is 0 Å². The molecule has 27 heavy (non-hydrogen) atoms. The third-order valence-corrected chi connectivity index (χ3v) is 4.06. The van der Waals surface area contributed by atoms with Gasteiger partial charge in [0.15, 0.2) is 0 Å². The van der Waals surface area contributed by atoms with E-state index in [1.165, 1.54) is 10.0 Å². The van der Waals surface area contributed by atoms with E-state index in [9.17, 15) is 9.59 Å². The lowest BCUT2D eigenvalue weighted by Gasteiger charge is -2.27. The molecule has 0 saturated carbocycles. The van der Waals surface area contributed by atoms with Crippen LogP contribution in [0.5, 0.6) is 0 Å². The Morgan fingerprint density at radius 3 is 1.63 bits per heavy atom. The number of unbranched alkanes of at least 4 members (excludes halogenated alkanes) is 1. The van der Waals surface area contributed by atoms with E-state index < -0.39 is 17.2 Å². The molecule has 0 bridgehead atoms. The third kappa shape index (κ3) is 5.22. The van der Waals surface area contributed by atoms with Crippen molar-refractivity contribution in [3.63, 3.8) is 0 Å². The van der Waals surface area contributed by atoms with E-state index in [4.69, 9.17) is 8.76 Å². The summed E-state index contributed by atoms with van der Waals surface area (Å²) in [5, 5.41) is 7.05. The minimum Gasteiger partial charge on any atom is -0.760 e. The number of amides is 2. The first kappa shape index (κ1) is 20.8. The van der Waals surface area contributed by atoms with Crippen molar-refractivity contribution < 1.29 is 18.4 Å². The summed E-state index contributed by atoms with van der Waals surface area (Å²) in [5.74, 6) is -0.868. The maximum Gasteiger partial charge on any atom is 0.258 e. The molecular weight excluding hydrogens is 366 g/mol. The van der Waals surface area contributed by atoms with Gasteiger partial charge in [-0.25, -0.2) is 10.0 Å². The van der Waals surface area contributed by atoms with E-state index in [0.29, 0.717) is 17.8 Å². The fourth-order valence-corrected chi connectivity index (χ4v) is 2.88. The number of nitrogens with zero attached hydrogens (tertiary/aromatic N) is 2. The van der Waals surface area contributed by atoms with Gasteiger partial charge in [0, 0.05) is 11.3 Å². The van der Waals surface area contributed by atoms with Crippen molar-refractivity contribution in [2.45, 2.75) is 26.2 Å². The van der Waals surface area contributed by atoms with Crippen molar-refractivity contribution in [1.29, 1.82) is 0 Å². The number of rotatable bonds is 5. The quantitative estimate of drug-likeness (QED) is 0.627. The van der Waals surface area contributed by atoms with E-state index in [1.807, 2.05) is 60.7 Å². The molecule has 0 aromatic heterocycles. The standard InChI is InChI=1S/C19H20N2O2.H3NO2S/c1-2-3-14-17-18(22)20(15-10-6-4-7-11-15)21(19(17)23)16-12-8-5-9-13-16;1-4(2)3/h4-13,17H,2-3,14H2,1H3;1H2,(H,2,3)/p-1. The van der Waals surface area contributed by atoms with Gasteiger partial charge in [-0.15, -0.1) is 0 Å². The number of carbonyl (C=O) groups is 2. The second-order valence-corrected chi connectivity index (χ2v) is 6.45. The number of anilines is 2. The van der Waals surface area contributed by atoms with Crippen LogP contribution in [-0.4, -0.2) is 20.6 Å². The molecule has 144 valence electrons. The number of para-hydroxylation sites is 2. The van der Waals surface area contributed by atoms with Crippen LogP contribution in [0.4, 0.5) is 11.4 Å². The summed E-state index contributed by atoms with van der Waals surface area (Å²) in [6, 6.07) is 18.7. The molecule has 1 atom stereocenters. The average molecular weight is 388 g/mol. The molecule has 8 heteroatoms. The van der Waals surface area contributed by atoms with E-state index in [2.05, 4.69) is 12.1 Å². The van der Waals surface area contributed by atoms with Crippen molar-refractivity contribution in [2.75, 3.05) is 10.0 Å². The smallest absolute Gasteiger partial charge is 0.258 e. The molecule has 0 radical (unpaired) electrons. The first-order valence-corrected chi connectivity index (χ1v) is 9.72. The zero-order valence-corrected chi connectivity index (χ0v) is 15.8. The summed E-state index contributed by atoms with van der Waals surface area (Å²) in [6.07, 6.45) is 2.43. The van der Waals surface area contributed by atoms with Gasteiger partial charge in [0.05, 0.1) is 11.4 Å². The molecule has 1 aliphatic heterocycles. The summed E-state index contributed by atoms with van der Waals surface area (Å²) in [5.41, 5.74) is 1.43. The van der Waals surface area contributed by atoms with Gasteiger partial charge in [0.1, 0.15) is 5.92 Å². The Balaban J connectivity index is 0.000000596. The van der Waals surface area contributed by atoms with Crippen LogP contribution >= 0.6 is 0 Å². The molecule has 2 N–H and O–H groups in total. The lowest BCUT2D eigenvalue weighted by molar-refractivity contribution is -0.127. The molecule has 1 unspecified atom stereocenters. The monoisotopic (exact) mass is 388 g/mol. The van der Waals surface area contributed by atoms with Gasteiger partial charge in [0.2, 0.25) is 0 Å². The predicted molar refractivity (Wildman–Crippen MR) is 104 cm³/mol. The highest BCUT2D eigenvalue weighted by atomic mass is 32.2. The maximum absolute atomic E-state index is 12.9. The van der Waals surface area contributed by atoms with Gasteiger partial charge in [-0.1, -0.05) is 56.2 Å². The molecule has 2 aromatic carbocycles. The first-order valence-electron chi connectivity index (χ1n) is 8.59. The highest BCUT2D eigenvalue weighted by Gasteiger charge is 2.46. The molecular formula is C19H22N3O4S-. The van der Waals surface area contributed by atoms with Crippen LogP contribution in [0.3, 0.4) is 0 Å².